The van der Waals surface area contributed by atoms with Gasteiger partial charge in [0.1, 0.15) is 6.10 Å². The van der Waals surface area contributed by atoms with Crippen molar-refractivity contribution < 1.29 is 13.9 Å². The summed E-state index contributed by atoms with van der Waals surface area (Å²) in [5.41, 5.74) is -0.998. The predicted molar refractivity (Wildman–Crippen MR) is 92.7 cm³/mol. The van der Waals surface area contributed by atoms with E-state index in [1.54, 1.807) is 0 Å². The number of carbonyl (C=O) groups excluding carboxylic acids is 1. The molecule has 1 aliphatic rings. The molecule has 0 unspecified atom stereocenters. The Balaban J connectivity index is 1.40. The molecule has 1 saturated carbocycles. The molecule has 0 saturated heterocycles. The van der Waals surface area contributed by atoms with Crippen molar-refractivity contribution in [3.8, 4) is 6.01 Å². The summed E-state index contributed by atoms with van der Waals surface area (Å²) in [6, 6.07) is 1.43. The van der Waals surface area contributed by atoms with Crippen molar-refractivity contribution in [2.24, 2.45) is 0 Å². The van der Waals surface area contributed by atoms with Crippen molar-refractivity contribution in [1.82, 2.24) is 24.8 Å². The molecule has 2 N–H and O–H groups in total. The first-order valence-corrected chi connectivity index (χ1v) is 8.73. The van der Waals surface area contributed by atoms with Crippen molar-refractivity contribution >= 4 is 5.91 Å². The highest BCUT2D eigenvalue weighted by atomic mass is 19.1. The second kappa shape index (κ2) is 8.56. The summed E-state index contributed by atoms with van der Waals surface area (Å²) in [4.78, 5) is 44.4. The number of aryl methyl sites for hydroxylation is 1. The molecule has 2 heterocycles. The average molecular weight is 377 g/mol. The van der Waals surface area contributed by atoms with Gasteiger partial charge in [-0.05, 0) is 25.7 Å². The quantitative estimate of drug-likeness (QED) is 0.750. The Morgan fingerprint density at radius 1 is 1.26 bits per heavy atom. The van der Waals surface area contributed by atoms with Crippen molar-refractivity contribution in [2.45, 2.75) is 50.8 Å². The topological polar surface area (TPSA) is 119 Å². The molecule has 1 amide bonds. The van der Waals surface area contributed by atoms with Crippen LogP contribution in [0.4, 0.5) is 4.39 Å². The molecule has 1 fully saturated rings. The molecule has 3 rings (SSSR count). The molecule has 0 radical (unpaired) electrons. The van der Waals surface area contributed by atoms with E-state index in [4.69, 9.17) is 4.74 Å². The lowest BCUT2D eigenvalue weighted by molar-refractivity contribution is -0.122. The molecule has 9 nitrogen and oxygen atoms in total. The number of H-pyrrole nitrogens is 1. The number of rotatable bonds is 6. The van der Waals surface area contributed by atoms with E-state index in [2.05, 4.69) is 20.3 Å². The van der Waals surface area contributed by atoms with E-state index in [1.165, 1.54) is 16.8 Å². The number of hydrogen-bond acceptors (Lipinski definition) is 6. The maximum Gasteiger partial charge on any atom is 0.328 e. The SMILES string of the molecule is O=C(CCn1ccc(=O)[nH]c1=O)NC1CCC(Oc2ncc(F)cn2)CC1. The maximum absolute atomic E-state index is 12.8. The van der Waals surface area contributed by atoms with E-state index in [-0.39, 0.29) is 37.0 Å². The minimum atomic E-state index is -0.532. The van der Waals surface area contributed by atoms with Gasteiger partial charge in [0.25, 0.3) is 5.56 Å². The van der Waals surface area contributed by atoms with Crippen LogP contribution in [0.2, 0.25) is 0 Å². The lowest BCUT2D eigenvalue weighted by atomic mass is 9.93. The Labute approximate surface area is 153 Å². The number of aromatic amines is 1. The van der Waals surface area contributed by atoms with Gasteiger partial charge in [0, 0.05) is 31.3 Å². The zero-order chi connectivity index (χ0) is 19.2. The van der Waals surface area contributed by atoms with Crippen LogP contribution in [0.5, 0.6) is 6.01 Å². The Kier molecular flexibility index (Phi) is 5.94. The zero-order valence-corrected chi connectivity index (χ0v) is 14.6. The van der Waals surface area contributed by atoms with E-state index in [0.29, 0.717) is 0 Å². The monoisotopic (exact) mass is 377 g/mol. The fraction of sp³-hybridized carbons (Fsp3) is 0.471. The van der Waals surface area contributed by atoms with Gasteiger partial charge in [0.2, 0.25) is 5.91 Å². The van der Waals surface area contributed by atoms with Crippen LogP contribution in [0.25, 0.3) is 0 Å². The number of carbonyl (C=O) groups is 1. The van der Waals surface area contributed by atoms with Gasteiger partial charge in [-0.3, -0.25) is 14.6 Å². The van der Waals surface area contributed by atoms with Gasteiger partial charge in [-0.2, -0.15) is 0 Å². The number of aromatic nitrogens is 4. The summed E-state index contributed by atoms with van der Waals surface area (Å²) >= 11 is 0. The second-order valence-electron chi connectivity index (χ2n) is 6.40. The number of nitrogens with one attached hydrogen (secondary N) is 2. The summed E-state index contributed by atoms with van der Waals surface area (Å²) in [7, 11) is 0. The van der Waals surface area contributed by atoms with Crippen LogP contribution >= 0.6 is 0 Å². The molecule has 0 aliphatic heterocycles. The third-order valence-corrected chi connectivity index (χ3v) is 4.38. The third-order valence-electron chi connectivity index (χ3n) is 4.38. The van der Waals surface area contributed by atoms with Crippen LogP contribution < -0.4 is 21.3 Å². The number of hydrogen-bond donors (Lipinski definition) is 2. The standard InChI is InChI=1S/C17H20FN5O4/c18-11-9-19-16(20-10-11)27-13-3-1-12(2-4-13)21-14(24)5-7-23-8-6-15(25)22-17(23)26/h6,8-10,12-13H,1-5,7H2,(H,21,24)(H,22,25,26). The number of ether oxygens (including phenoxy) is 1. The second-order valence-corrected chi connectivity index (χ2v) is 6.40. The summed E-state index contributed by atoms with van der Waals surface area (Å²) < 4.78 is 19.7. The minimum absolute atomic E-state index is 0.0405. The van der Waals surface area contributed by atoms with Crippen LogP contribution in [0.3, 0.4) is 0 Å². The molecule has 0 aromatic carbocycles. The smallest absolute Gasteiger partial charge is 0.328 e. The lowest BCUT2D eigenvalue weighted by Gasteiger charge is -2.28. The Hall–Kier alpha value is -3.04. The van der Waals surface area contributed by atoms with Gasteiger partial charge in [-0.15, -0.1) is 0 Å². The summed E-state index contributed by atoms with van der Waals surface area (Å²) in [5.74, 6) is -0.669. The first kappa shape index (κ1) is 18.7. The van der Waals surface area contributed by atoms with Crippen molar-refractivity contribution in [3.05, 3.63) is 51.3 Å². The molecule has 0 spiro atoms. The van der Waals surface area contributed by atoms with Crippen molar-refractivity contribution in [3.63, 3.8) is 0 Å². The molecule has 144 valence electrons. The van der Waals surface area contributed by atoms with E-state index in [0.717, 1.165) is 38.1 Å². The van der Waals surface area contributed by atoms with E-state index in [9.17, 15) is 18.8 Å². The average Bonchev–Trinajstić information content (AvgIpc) is 2.64. The highest BCUT2D eigenvalue weighted by Gasteiger charge is 2.24. The van der Waals surface area contributed by atoms with Gasteiger partial charge in [-0.1, -0.05) is 0 Å². The third kappa shape index (κ3) is 5.47. The first-order valence-electron chi connectivity index (χ1n) is 8.73. The molecular weight excluding hydrogens is 357 g/mol. The van der Waals surface area contributed by atoms with Crippen molar-refractivity contribution in [1.29, 1.82) is 0 Å². The van der Waals surface area contributed by atoms with Gasteiger partial charge < -0.3 is 14.6 Å². The number of nitrogens with zero attached hydrogens (tertiary/aromatic N) is 3. The fourth-order valence-electron chi connectivity index (χ4n) is 2.98. The molecule has 27 heavy (non-hydrogen) atoms. The molecule has 10 heteroatoms. The Morgan fingerprint density at radius 2 is 1.96 bits per heavy atom. The predicted octanol–water partition coefficient (Wildman–Crippen LogP) is 0.362. The molecule has 2 aromatic heterocycles. The van der Waals surface area contributed by atoms with Crippen LogP contribution in [-0.2, 0) is 11.3 Å². The summed E-state index contributed by atoms with van der Waals surface area (Å²) in [6.45, 7) is 0.196. The summed E-state index contributed by atoms with van der Waals surface area (Å²) in [5, 5.41) is 2.95. The van der Waals surface area contributed by atoms with Crippen LogP contribution in [-0.4, -0.2) is 37.6 Å². The minimum Gasteiger partial charge on any atom is -0.460 e. The zero-order valence-electron chi connectivity index (χ0n) is 14.6. The largest absolute Gasteiger partial charge is 0.460 e. The molecule has 2 aromatic rings. The molecule has 0 bridgehead atoms. The van der Waals surface area contributed by atoms with Crippen molar-refractivity contribution in [2.75, 3.05) is 0 Å². The van der Waals surface area contributed by atoms with Gasteiger partial charge in [-0.25, -0.2) is 19.2 Å². The van der Waals surface area contributed by atoms with E-state index < -0.39 is 17.1 Å². The Bertz CT molecular complexity index is 887. The van der Waals surface area contributed by atoms with Crippen LogP contribution in [0, 0.1) is 5.82 Å². The highest BCUT2D eigenvalue weighted by Crippen LogP contribution is 2.22. The van der Waals surface area contributed by atoms with Crippen LogP contribution in [0.1, 0.15) is 32.1 Å². The number of halogens is 1. The lowest BCUT2D eigenvalue weighted by Crippen LogP contribution is -2.40. The highest BCUT2D eigenvalue weighted by molar-refractivity contribution is 5.76. The van der Waals surface area contributed by atoms with Crippen LogP contribution in [0.15, 0.2) is 34.2 Å². The van der Waals surface area contributed by atoms with Gasteiger partial charge in [0.15, 0.2) is 5.82 Å². The summed E-state index contributed by atoms with van der Waals surface area (Å²) in [6.07, 6.45) is 6.51. The molecule has 0 atom stereocenters. The molecule has 1 aliphatic carbocycles. The normalized spacial score (nSPS) is 19.4. The number of amides is 1. The van der Waals surface area contributed by atoms with Gasteiger partial charge >= 0.3 is 11.7 Å². The Morgan fingerprint density at radius 3 is 2.63 bits per heavy atom. The fourth-order valence-corrected chi connectivity index (χ4v) is 2.98. The van der Waals surface area contributed by atoms with Gasteiger partial charge in [0.05, 0.1) is 12.4 Å². The molecular formula is C17H20FN5O4. The van der Waals surface area contributed by atoms with E-state index in [1.807, 2.05) is 0 Å². The maximum atomic E-state index is 12.8. The first-order chi connectivity index (χ1) is 13.0. The van der Waals surface area contributed by atoms with E-state index >= 15 is 0 Å².